The number of primary amides is 1. The standard InChI is InChI=1S/C10H12N4O4/c1-5-12-3-6(4-13-5)9(16)14-7(10(17)18)2-8(11)15/h3-4,7H,2H2,1H3,(H2,11,15)(H,14,16)(H,17,18)/t7-/m0/s1. The van der Waals surface area contributed by atoms with Crippen molar-refractivity contribution in [3.63, 3.8) is 0 Å². The molecule has 1 aromatic heterocycles. The van der Waals surface area contributed by atoms with Crippen LogP contribution in [0.5, 0.6) is 0 Å². The maximum Gasteiger partial charge on any atom is 0.326 e. The second-order valence-electron chi connectivity index (χ2n) is 3.55. The maximum atomic E-state index is 11.6. The first-order valence-electron chi connectivity index (χ1n) is 5.00. The molecule has 0 fully saturated rings. The Labute approximate surface area is 102 Å². The first kappa shape index (κ1) is 13.6. The van der Waals surface area contributed by atoms with Gasteiger partial charge in [0.1, 0.15) is 11.9 Å². The summed E-state index contributed by atoms with van der Waals surface area (Å²) in [6.07, 6.45) is 2.05. The van der Waals surface area contributed by atoms with E-state index in [2.05, 4.69) is 15.3 Å². The van der Waals surface area contributed by atoms with Crippen LogP contribution in [0.15, 0.2) is 12.4 Å². The molecule has 0 aliphatic heterocycles. The Hall–Kier alpha value is -2.51. The molecule has 2 amide bonds. The van der Waals surface area contributed by atoms with Gasteiger partial charge in [0.25, 0.3) is 5.91 Å². The molecule has 0 saturated carbocycles. The number of amides is 2. The van der Waals surface area contributed by atoms with Gasteiger partial charge < -0.3 is 16.2 Å². The molecule has 0 bridgehead atoms. The fourth-order valence-corrected chi connectivity index (χ4v) is 1.15. The lowest BCUT2D eigenvalue weighted by atomic mass is 10.2. The molecule has 8 nitrogen and oxygen atoms in total. The quantitative estimate of drug-likeness (QED) is 0.605. The van der Waals surface area contributed by atoms with Crippen LogP contribution < -0.4 is 11.1 Å². The van der Waals surface area contributed by atoms with Crippen molar-refractivity contribution in [3.8, 4) is 0 Å². The minimum atomic E-state index is -1.36. The van der Waals surface area contributed by atoms with Crippen molar-refractivity contribution in [3.05, 3.63) is 23.8 Å². The number of hydrogen-bond donors (Lipinski definition) is 3. The average Bonchev–Trinajstić information content (AvgIpc) is 2.28. The fraction of sp³-hybridized carbons (Fsp3) is 0.300. The lowest BCUT2D eigenvalue weighted by Crippen LogP contribution is -2.43. The SMILES string of the molecule is Cc1ncc(C(=O)N[C@@H](CC(N)=O)C(=O)O)cn1. The number of nitrogens with one attached hydrogen (secondary N) is 1. The topological polar surface area (TPSA) is 135 Å². The third kappa shape index (κ3) is 3.81. The highest BCUT2D eigenvalue weighted by Crippen LogP contribution is 1.99. The summed E-state index contributed by atoms with van der Waals surface area (Å²) >= 11 is 0. The molecule has 96 valence electrons. The zero-order valence-electron chi connectivity index (χ0n) is 9.58. The smallest absolute Gasteiger partial charge is 0.326 e. The van der Waals surface area contributed by atoms with Gasteiger partial charge in [0.15, 0.2) is 0 Å². The second-order valence-corrected chi connectivity index (χ2v) is 3.55. The predicted octanol–water partition coefficient (Wildman–Crippen LogP) is -1.16. The van der Waals surface area contributed by atoms with E-state index < -0.39 is 30.2 Å². The van der Waals surface area contributed by atoms with Gasteiger partial charge in [0.05, 0.1) is 12.0 Å². The van der Waals surface area contributed by atoms with Crippen molar-refractivity contribution in [1.29, 1.82) is 0 Å². The molecule has 0 radical (unpaired) electrons. The predicted molar refractivity (Wildman–Crippen MR) is 59.5 cm³/mol. The van der Waals surface area contributed by atoms with Crippen LogP contribution in [0.1, 0.15) is 22.6 Å². The highest BCUT2D eigenvalue weighted by molar-refractivity contribution is 5.97. The minimum absolute atomic E-state index is 0.108. The molecule has 4 N–H and O–H groups in total. The summed E-state index contributed by atoms with van der Waals surface area (Å²) in [7, 11) is 0. The summed E-state index contributed by atoms with van der Waals surface area (Å²) in [5, 5.41) is 11.0. The van der Waals surface area contributed by atoms with Gasteiger partial charge in [-0.05, 0) is 6.92 Å². The van der Waals surface area contributed by atoms with Gasteiger partial charge in [-0.2, -0.15) is 0 Å². The molecule has 0 aliphatic carbocycles. The Kier molecular flexibility index (Phi) is 4.30. The van der Waals surface area contributed by atoms with Crippen LogP contribution >= 0.6 is 0 Å². The number of carbonyl (C=O) groups is 3. The Morgan fingerprint density at radius 3 is 2.39 bits per heavy atom. The van der Waals surface area contributed by atoms with Gasteiger partial charge in [-0.3, -0.25) is 9.59 Å². The number of carboxylic acid groups (broad SMARTS) is 1. The Morgan fingerprint density at radius 2 is 1.94 bits per heavy atom. The van der Waals surface area contributed by atoms with E-state index >= 15 is 0 Å². The van der Waals surface area contributed by atoms with Crippen molar-refractivity contribution in [2.24, 2.45) is 5.73 Å². The zero-order valence-corrected chi connectivity index (χ0v) is 9.58. The van der Waals surface area contributed by atoms with Crippen LogP contribution in [-0.2, 0) is 9.59 Å². The zero-order chi connectivity index (χ0) is 13.7. The van der Waals surface area contributed by atoms with E-state index in [1.54, 1.807) is 6.92 Å². The van der Waals surface area contributed by atoms with E-state index in [0.717, 1.165) is 0 Å². The van der Waals surface area contributed by atoms with Gasteiger partial charge >= 0.3 is 5.97 Å². The average molecular weight is 252 g/mol. The lowest BCUT2D eigenvalue weighted by Gasteiger charge is -2.12. The van der Waals surface area contributed by atoms with Gasteiger partial charge in [0.2, 0.25) is 5.91 Å². The van der Waals surface area contributed by atoms with Gasteiger partial charge in [-0.1, -0.05) is 0 Å². The summed E-state index contributed by atoms with van der Waals surface area (Å²) < 4.78 is 0. The van der Waals surface area contributed by atoms with E-state index in [1.165, 1.54) is 12.4 Å². The molecule has 1 rings (SSSR count). The molecule has 8 heteroatoms. The largest absolute Gasteiger partial charge is 0.480 e. The third-order valence-electron chi connectivity index (χ3n) is 2.05. The Morgan fingerprint density at radius 1 is 1.39 bits per heavy atom. The van der Waals surface area contributed by atoms with Crippen LogP contribution in [0, 0.1) is 6.92 Å². The van der Waals surface area contributed by atoms with Crippen molar-refractivity contribution in [2.45, 2.75) is 19.4 Å². The monoisotopic (exact) mass is 252 g/mol. The van der Waals surface area contributed by atoms with E-state index in [4.69, 9.17) is 10.8 Å². The number of hydrogen-bond acceptors (Lipinski definition) is 5. The number of rotatable bonds is 5. The maximum absolute atomic E-state index is 11.6. The number of aromatic nitrogens is 2. The molecule has 0 spiro atoms. The van der Waals surface area contributed by atoms with Crippen LogP contribution in [0.25, 0.3) is 0 Å². The molecular formula is C10H12N4O4. The Bertz CT molecular complexity index is 471. The molecule has 0 saturated heterocycles. The van der Waals surface area contributed by atoms with Crippen LogP contribution in [0.4, 0.5) is 0 Å². The van der Waals surface area contributed by atoms with Crippen molar-refractivity contribution < 1.29 is 19.5 Å². The number of aliphatic carboxylic acids is 1. The van der Waals surface area contributed by atoms with E-state index in [1.807, 2.05) is 0 Å². The molecular weight excluding hydrogens is 240 g/mol. The van der Waals surface area contributed by atoms with Crippen molar-refractivity contribution in [1.82, 2.24) is 15.3 Å². The molecule has 18 heavy (non-hydrogen) atoms. The molecule has 1 heterocycles. The highest BCUT2D eigenvalue weighted by Gasteiger charge is 2.22. The highest BCUT2D eigenvalue weighted by atomic mass is 16.4. The van der Waals surface area contributed by atoms with Crippen LogP contribution in [-0.4, -0.2) is 38.9 Å². The second kappa shape index (κ2) is 5.71. The first-order chi connectivity index (χ1) is 8.40. The first-order valence-corrected chi connectivity index (χ1v) is 5.00. The number of nitrogens with zero attached hydrogens (tertiary/aromatic N) is 2. The van der Waals surface area contributed by atoms with Gasteiger partial charge in [-0.25, -0.2) is 14.8 Å². The van der Waals surface area contributed by atoms with Crippen molar-refractivity contribution >= 4 is 17.8 Å². The molecule has 1 aromatic rings. The molecule has 0 aromatic carbocycles. The molecule has 1 atom stereocenters. The summed E-state index contributed by atoms with van der Waals surface area (Å²) in [4.78, 5) is 40.7. The summed E-state index contributed by atoms with van der Waals surface area (Å²) in [5.41, 5.74) is 4.99. The third-order valence-corrected chi connectivity index (χ3v) is 2.05. The summed E-state index contributed by atoms with van der Waals surface area (Å²) in [6.45, 7) is 1.65. The van der Waals surface area contributed by atoms with Crippen LogP contribution in [0.3, 0.4) is 0 Å². The molecule has 0 unspecified atom stereocenters. The summed E-state index contributed by atoms with van der Waals surface area (Å²) in [5.74, 6) is -2.35. The van der Waals surface area contributed by atoms with Gasteiger partial charge in [0, 0.05) is 12.4 Å². The Balaban J connectivity index is 2.75. The van der Waals surface area contributed by atoms with Gasteiger partial charge in [-0.15, -0.1) is 0 Å². The van der Waals surface area contributed by atoms with E-state index in [-0.39, 0.29) is 5.56 Å². The van der Waals surface area contributed by atoms with Crippen LogP contribution in [0.2, 0.25) is 0 Å². The summed E-state index contributed by atoms with van der Waals surface area (Å²) in [6, 6.07) is -1.36. The van der Waals surface area contributed by atoms with E-state index in [9.17, 15) is 14.4 Å². The lowest BCUT2D eigenvalue weighted by molar-refractivity contribution is -0.140. The number of carbonyl (C=O) groups excluding carboxylic acids is 2. The van der Waals surface area contributed by atoms with E-state index in [0.29, 0.717) is 5.82 Å². The minimum Gasteiger partial charge on any atom is -0.480 e. The molecule has 0 aliphatic rings. The fourth-order valence-electron chi connectivity index (χ4n) is 1.15. The number of aryl methyl sites for hydroxylation is 1. The number of carboxylic acids is 1. The van der Waals surface area contributed by atoms with Crippen molar-refractivity contribution in [2.75, 3.05) is 0 Å². The number of nitrogens with two attached hydrogens (primary N) is 1. The normalized spacial score (nSPS) is 11.6.